The van der Waals surface area contributed by atoms with Crippen LogP contribution in [0.3, 0.4) is 0 Å². The number of carbonyl (C=O) groups excluding carboxylic acids is 1. The van der Waals surface area contributed by atoms with Crippen molar-refractivity contribution in [1.29, 1.82) is 0 Å². The van der Waals surface area contributed by atoms with E-state index in [1.807, 2.05) is 19.1 Å². The summed E-state index contributed by atoms with van der Waals surface area (Å²) < 4.78 is 59.3. The van der Waals surface area contributed by atoms with E-state index in [-0.39, 0.29) is 22.9 Å². The van der Waals surface area contributed by atoms with Crippen molar-refractivity contribution in [1.82, 2.24) is 8.61 Å². The van der Waals surface area contributed by atoms with E-state index in [1.54, 1.807) is 12.1 Å². The Balaban J connectivity index is 1.78. The number of anilines is 1. The van der Waals surface area contributed by atoms with E-state index >= 15 is 0 Å². The van der Waals surface area contributed by atoms with Crippen LogP contribution >= 0.6 is 0 Å². The lowest BCUT2D eigenvalue weighted by molar-refractivity contribution is -0.116. The van der Waals surface area contributed by atoms with Crippen LogP contribution in [0.5, 0.6) is 0 Å². The Bertz CT molecular complexity index is 1160. The van der Waals surface area contributed by atoms with Crippen molar-refractivity contribution in [3.05, 3.63) is 54.1 Å². The van der Waals surface area contributed by atoms with Gasteiger partial charge in [0.25, 0.3) is 0 Å². The van der Waals surface area contributed by atoms with Crippen LogP contribution in [0.15, 0.2) is 58.3 Å². The molecule has 33 heavy (non-hydrogen) atoms. The van der Waals surface area contributed by atoms with Crippen LogP contribution in [0.25, 0.3) is 0 Å². The molecule has 0 unspecified atom stereocenters. The minimum Gasteiger partial charge on any atom is -0.383 e. The fourth-order valence-corrected chi connectivity index (χ4v) is 6.38. The highest BCUT2D eigenvalue weighted by Crippen LogP contribution is 2.23. The van der Waals surface area contributed by atoms with Gasteiger partial charge in [0.2, 0.25) is 26.0 Å². The van der Waals surface area contributed by atoms with Gasteiger partial charge in [-0.25, -0.2) is 16.8 Å². The molecular weight excluding hydrogens is 466 g/mol. The van der Waals surface area contributed by atoms with Crippen molar-refractivity contribution < 1.29 is 26.4 Å². The Labute approximate surface area is 195 Å². The number of carbonyl (C=O) groups is 1. The topological polar surface area (TPSA) is 113 Å². The van der Waals surface area contributed by atoms with Crippen LogP contribution in [-0.2, 0) is 29.6 Å². The Morgan fingerprint density at radius 2 is 1.55 bits per heavy atom. The smallest absolute Gasteiger partial charge is 0.243 e. The Hall–Kier alpha value is -2.31. The molecule has 9 nitrogen and oxygen atoms in total. The zero-order valence-corrected chi connectivity index (χ0v) is 20.4. The number of sulfonamides is 2. The van der Waals surface area contributed by atoms with E-state index in [2.05, 4.69) is 5.32 Å². The second-order valence-corrected chi connectivity index (χ2v) is 11.7. The van der Waals surface area contributed by atoms with Gasteiger partial charge in [-0.15, -0.1) is 0 Å². The molecule has 0 atom stereocenters. The minimum atomic E-state index is -4.06. The highest BCUT2D eigenvalue weighted by molar-refractivity contribution is 7.89. The number of nitrogens with one attached hydrogen (secondary N) is 1. The molecule has 1 saturated heterocycles. The number of hydrogen-bond acceptors (Lipinski definition) is 6. The van der Waals surface area contributed by atoms with Gasteiger partial charge in [0.1, 0.15) is 0 Å². The predicted octanol–water partition coefficient (Wildman–Crippen LogP) is 2.06. The van der Waals surface area contributed by atoms with Gasteiger partial charge in [0.05, 0.1) is 22.9 Å². The zero-order valence-electron chi connectivity index (χ0n) is 18.7. The van der Waals surface area contributed by atoms with Crippen molar-refractivity contribution in [2.75, 3.05) is 45.2 Å². The molecule has 1 heterocycles. The summed E-state index contributed by atoms with van der Waals surface area (Å²) >= 11 is 0. The van der Waals surface area contributed by atoms with Gasteiger partial charge in [0, 0.05) is 32.4 Å². The van der Waals surface area contributed by atoms with Crippen molar-refractivity contribution in [2.45, 2.75) is 29.6 Å². The molecule has 0 aromatic heterocycles. The van der Waals surface area contributed by atoms with Gasteiger partial charge in [-0.1, -0.05) is 17.7 Å². The minimum absolute atomic E-state index is 0.0338. The van der Waals surface area contributed by atoms with Crippen LogP contribution in [0, 0.1) is 6.92 Å². The molecule has 11 heteroatoms. The number of methoxy groups -OCH3 is 1. The first-order valence-electron chi connectivity index (χ1n) is 10.6. The molecule has 3 rings (SSSR count). The molecular formula is C22H29N3O6S2. The van der Waals surface area contributed by atoms with Crippen molar-refractivity contribution in [2.24, 2.45) is 0 Å². The maximum Gasteiger partial charge on any atom is 0.243 e. The normalized spacial score (nSPS) is 15.1. The molecule has 1 N–H and O–H groups in total. The third-order valence-corrected chi connectivity index (χ3v) is 9.14. The maximum atomic E-state index is 13.2. The fourth-order valence-electron chi connectivity index (χ4n) is 3.49. The molecule has 0 radical (unpaired) electrons. The van der Waals surface area contributed by atoms with Crippen molar-refractivity contribution in [3.8, 4) is 0 Å². The van der Waals surface area contributed by atoms with Gasteiger partial charge in [0.15, 0.2) is 0 Å². The fraction of sp³-hybridized carbons (Fsp3) is 0.409. The average molecular weight is 496 g/mol. The molecule has 180 valence electrons. The van der Waals surface area contributed by atoms with Gasteiger partial charge in [-0.05, 0) is 56.2 Å². The monoisotopic (exact) mass is 495 g/mol. The van der Waals surface area contributed by atoms with Gasteiger partial charge in [-0.2, -0.15) is 8.61 Å². The summed E-state index contributed by atoms with van der Waals surface area (Å²) in [7, 11) is -6.28. The number of benzene rings is 2. The van der Waals surface area contributed by atoms with E-state index in [0.717, 1.165) is 22.7 Å². The number of aryl methyl sites for hydroxylation is 1. The number of ether oxygens (including phenoxy) is 1. The first-order valence-corrected chi connectivity index (χ1v) is 13.5. The Morgan fingerprint density at radius 1 is 0.970 bits per heavy atom. The zero-order chi connectivity index (χ0) is 24.1. The lowest BCUT2D eigenvalue weighted by Gasteiger charge is -2.22. The van der Waals surface area contributed by atoms with E-state index in [1.165, 1.54) is 35.7 Å². The largest absolute Gasteiger partial charge is 0.383 e. The summed E-state index contributed by atoms with van der Waals surface area (Å²) in [6.45, 7) is 2.50. The molecule has 0 spiro atoms. The number of rotatable bonds is 10. The maximum absolute atomic E-state index is 13.2. The van der Waals surface area contributed by atoms with Crippen LogP contribution in [0.2, 0.25) is 0 Å². The molecule has 0 aliphatic carbocycles. The summed E-state index contributed by atoms with van der Waals surface area (Å²) in [6.07, 6.45) is 1.62. The summed E-state index contributed by atoms with van der Waals surface area (Å²) in [5.74, 6) is -0.494. The first kappa shape index (κ1) is 25.3. The molecule has 0 saturated carbocycles. The number of nitrogens with zero attached hydrogens (tertiary/aromatic N) is 2. The summed E-state index contributed by atoms with van der Waals surface area (Å²) in [5.41, 5.74) is 1.60. The quantitative estimate of drug-likeness (QED) is 0.540. The summed E-state index contributed by atoms with van der Waals surface area (Å²) in [6, 6.07) is 12.3. The van der Waals surface area contributed by atoms with Crippen LogP contribution < -0.4 is 5.32 Å². The third kappa shape index (κ3) is 6.18. The van der Waals surface area contributed by atoms with Crippen LogP contribution in [0.1, 0.15) is 18.4 Å². The highest BCUT2D eigenvalue weighted by atomic mass is 32.2. The molecule has 0 bridgehead atoms. The predicted molar refractivity (Wildman–Crippen MR) is 125 cm³/mol. The molecule has 1 amide bonds. The third-order valence-electron chi connectivity index (χ3n) is 5.36. The molecule has 2 aromatic rings. The Morgan fingerprint density at radius 3 is 2.12 bits per heavy atom. The lowest BCUT2D eigenvalue weighted by Crippen LogP contribution is -2.40. The summed E-state index contributed by atoms with van der Waals surface area (Å²) in [5, 5.41) is 2.69. The van der Waals surface area contributed by atoms with E-state index in [0.29, 0.717) is 18.8 Å². The average Bonchev–Trinajstić information content (AvgIpc) is 3.34. The first-order chi connectivity index (χ1) is 15.6. The van der Waals surface area contributed by atoms with E-state index in [4.69, 9.17) is 4.74 Å². The summed E-state index contributed by atoms with van der Waals surface area (Å²) in [4.78, 5) is 12.5. The van der Waals surface area contributed by atoms with Gasteiger partial charge >= 0.3 is 0 Å². The number of amides is 1. The standard InChI is InChI=1S/C22H29N3O6S2/c1-18-5-7-19(8-6-18)23-22(26)17-25(15-16-31-2)33(29,30)21-11-9-20(10-12-21)32(27,28)24-13-3-4-14-24/h5-12H,3-4,13-17H2,1-2H3,(H,23,26). The van der Waals surface area contributed by atoms with E-state index in [9.17, 15) is 21.6 Å². The number of hydrogen-bond donors (Lipinski definition) is 1. The molecule has 1 fully saturated rings. The van der Waals surface area contributed by atoms with Crippen molar-refractivity contribution >= 4 is 31.6 Å². The molecule has 2 aromatic carbocycles. The van der Waals surface area contributed by atoms with Crippen molar-refractivity contribution in [3.63, 3.8) is 0 Å². The molecule has 1 aliphatic rings. The van der Waals surface area contributed by atoms with Crippen LogP contribution in [-0.4, -0.2) is 71.2 Å². The second kappa shape index (κ2) is 10.7. The van der Waals surface area contributed by atoms with Crippen LogP contribution in [0.4, 0.5) is 5.69 Å². The highest BCUT2D eigenvalue weighted by Gasteiger charge is 2.30. The van der Waals surface area contributed by atoms with E-state index < -0.39 is 32.5 Å². The van der Waals surface area contributed by atoms with Gasteiger partial charge < -0.3 is 10.1 Å². The lowest BCUT2D eigenvalue weighted by atomic mass is 10.2. The Kier molecular flexibility index (Phi) is 8.24. The van der Waals surface area contributed by atoms with Gasteiger partial charge in [-0.3, -0.25) is 4.79 Å². The SMILES string of the molecule is COCCN(CC(=O)Nc1ccc(C)cc1)S(=O)(=O)c1ccc(S(=O)(=O)N2CCCC2)cc1. The second-order valence-electron chi connectivity index (χ2n) is 7.83. The molecule has 1 aliphatic heterocycles.